The Labute approximate surface area is 186 Å². The molecule has 1 amide bonds. The largest absolute Gasteiger partial charge is 0.433 e. The van der Waals surface area contributed by atoms with Gasteiger partial charge >= 0.3 is 6.61 Å². The smallest absolute Gasteiger partial charge is 0.387 e. The maximum absolute atomic E-state index is 12.7. The lowest BCUT2D eigenvalue weighted by Gasteiger charge is -2.22. The number of amides is 1. The Bertz CT molecular complexity index is 940. The molecule has 0 radical (unpaired) electrons. The first-order valence-electron chi connectivity index (χ1n) is 10.4. The second-order valence-corrected chi connectivity index (χ2v) is 7.38. The number of anilines is 2. The van der Waals surface area contributed by atoms with Crippen molar-refractivity contribution in [3.8, 4) is 5.75 Å². The number of ether oxygens (including phenoxy) is 1. The van der Waals surface area contributed by atoms with Gasteiger partial charge in [0.1, 0.15) is 11.6 Å². The number of halogens is 2. The molecule has 1 aromatic carbocycles. The number of nitrogens with zero attached hydrogens (tertiary/aromatic N) is 3. The summed E-state index contributed by atoms with van der Waals surface area (Å²) in [5.41, 5.74) is 1.47. The van der Waals surface area contributed by atoms with Crippen LogP contribution in [0.1, 0.15) is 18.5 Å². The van der Waals surface area contributed by atoms with Crippen molar-refractivity contribution in [2.75, 3.05) is 36.9 Å². The quantitative estimate of drug-likeness (QED) is 0.427. The van der Waals surface area contributed by atoms with Gasteiger partial charge in [-0.05, 0) is 37.6 Å². The first kappa shape index (κ1) is 23.2. The molecule has 10 heteroatoms. The van der Waals surface area contributed by atoms with Crippen LogP contribution in [0.3, 0.4) is 0 Å². The average molecular weight is 447 g/mol. The number of benzene rings is 1. The topological polar surface area (TPSA) is 90.9 Å². The molecule has 0 spiro atoms. The third-order valence-corrected chi connectivity index (χ3v) is 4.98. The van der Waals surface area contributed by atoms with Gasteiger partial charge in [-0.2, -0.15) is 8.78 Å². The summed E-state index contributed by atoms with van der Waals surface area (Å²) >= 11 is 0. The number of rotatable bonds is 8. The van der Waals surface area contributed by atoms with Gasteiger partial charge in [0, 0.05) is 44.8 Å². The van der Waals surface area contributed by atoms with E-state index in [-0.39, 0.29) is 24.1 Å². The van der Waals surface area contributed by atoms with Crippen LogP contribution < -0.4 is 25.6 Å². The molecule has 2 heterocycles. The Kier molecular flexibility index (Phi) is 8.18. The van der Waals surface area contributed by atoms with Crippen LogP contribution in [0.4, 0.5) is 20.3 Å². The Morgan fingerprint density at radius 3 is 2.84 bits per heavy atom. The normalized spacial score (nSPS) is 16.2. The molecule has 0 saturated carbocycles. The highest BCUT2D eigenvalue weighted by Gasteiger charge is 2.26. The third-order valence-electron chi connectivity index (χ3n) is 4.98. The van der Waals surface area contributed by atoms with E-state index in [2.05, 4.69) is 30.7 Å². The summed E-state index contributed by atoms with van der Waals surface area (Å²) < 4.78 is 30.0. The van der Waals surface area contributed by atoms with Crippen molar-refractivity contribution in [3.63, 3.8) is 0 Å². The van der Waals surface area contributed by atoms with Crippen LogP contribution in [0.25, 0.3) is 0 Å². The predicted octanol–water partition coefficient (Wildman–Crippen LogP) is 2.76. The van der Waals surface area contributed by atoms with Crippen molar-refractivity contribution < 1.29 is 18.3 Å². The number of nitrogens with one attached hydrogen (secondary N) is 3. The number of aryl methyl sites for hydroxylation is 1. The van der Waals surface area contributed by atoms with E-state index in [9.17, 15) is 13.6 Å². The van der Waals surface area contributed by atoms with Gasteiger partial charge in [0.25, 0.3) is 0 Å². The number of para-hydroxylation sites is 2. The molecule has 1 fully saturated rings. The number of carbonyl (C=O) groups excluding carboxylic acids is 1. The Balaban J connectivity index is 1.45. The van der Waals surface area contributed by atoms with Gasteiger partial charge < -0.3 is 25.6 Å². The summed E-state index contributed by atoms with van der Waals surface area (Å²) in [7, 11) is 1.66. The SMILES string of the molecule is CN=C(NCCC(=O)Nc1cccc(C)n1)NC1CCN(c2ccccc2OC(F)F)C1. The van der Waals surface area contributed by atoms with Gasteiger partial charge in [-0.25, -0.2) is 4.98 Å². The molecule has 1 aliphatic rings. The number of carbonyl (C=O) groups is 1. The summed E-state index contributed by atoms with van der Waals surface area (Å²) in [6.45, 7) is 0.712. The highest BCUT2D eigenvalue weighted by molar-refractivity contribution is 5.90. The first-order chi connectivity index (χ1) is 15.4. The Morgan fingerprint density at radius 1 is 1.28 bits per heavy atom. The molecule has 172 valence electrons. The molecular weight excluding hydrogens is 418 g/mol. The second-order valence-electron chi connectivity index (χ2n) is 7.38. The van der Waals surface area contributed by atoms with E-state index in [1.807, 2.05) is 24.0 Å². The summed E-state index contributed by atoms with van der Waals surface area (Å²) in [6, 6.07) is 12.3. The fraction of sp³-hybridized carbons (Fsp3) is 0.409. The van der Waals surface area contributed by atoms with E-state index in [1.54, 1.807) is 37.4 Å². The molecule has 32 heavy (non-hydrogen) atoms. The number of hydrogen-bond acceptors (Lipinski definition) is 5. The second kappa shape index (κ2) is 11.3. The average Bonchev–Trinajstić information content (AvgIpc) is 3.21. The van der Waals surface area contributed by atoms with E-state index < -0.39 is 6.61 Å². The van der Waals surface area contributed by atoms with Gasteiger partial charge in [0.2, 0.25) is 5.91 Å². The maximum Gasteiger partial charge on any atom is 0.387 e. The van der Waals surface area contributed by atoms with Crippen molar-refractivity contribution >= 4 is 23.4 Å². The zero-order valence-corrected chi connectivity index (χ0v) is 18.1. The summed E-state index contributed by atoms with van der Waals surface area (Å²) in [6.07, 6.45) is 1.06. The van der Waals surface area contributed by atoms with E-state index in [0.29, 0.717) is 37.1 Å². The number of pyridine rings is 1. The predicted molar refractivity (Wildman–Crippen MR) is 120 cm³/mol. The van der Waals surface area contributed by atoms with Gasteiger partial charge in [-0.15, -0.1) is 0 Å². The molecule has 3 rings (SSSR count). The van der Waals surface area contributed by atoms with E-state index in [1.165, 1.54) is 0 Å². The van der Waals surface area contributed by atoms with E-state index >= 15 is 0 Å². The molecular formula is C22H28F2N6O2. The molecule has 2 aromatic rings. The van der Waals surface area contributed by atoms with Crippen molar-refractivity contribution in [1.29, 1.82) is 0 Å². The van der Waals surface area contributed by atoms with Crippen LogP contribution in [0, 0.1) is 6.92 Å². The fourth-order valence-corrected chi connectivity index (χ4v) is 3.51. The summed E-state index contributed by atoms with van der Waals surface area (Å²) in [5, 5.41) is 9.22. The third kappa shape index (κ3) is 6.79. The standard InChI is InChI=1S/C22H28F2N6O2/c1-15-6-5-9-19(27-15)29-20(31)10-12-26-22(25-2)28-16-11-13-30(14-16)17-7-3-4-8-18(17)32-21(23)24/h3-9,16,21H,10-14H2,1-2H3,(H2,25,26,28)(H,27,29,31). The molecule has 1 aliphatic heterocycles. The van der Waals surface area contributed by atoms with Crippen molar-refractivity contribution in [2.45, 2.75) is 32.4 Å². The molecule has 1 unspecified atom stereocenters. The van der Waals surface area contributed by atoms with Gasteiger partial charge in [0.15, 0.2) is 5.96 Å². The number of alkyl halides is 2. The highest BCUT2D eigenvalue weighted by atomic mass is 19.3. The van der Waals surface area contributed by atoms with E-state index in [0.717, 1.165) is 12.1 Å². The molecule has 1 aromatic heterocycles. The molecule has 0 bridgehead atoms. The van der Waals surface area contributed by atoms with Gasteiger partial charge in [-0.3, -0.25) is 9.79 Å². The molecule has 3 N–H and O–H groups in total. The van der Waals surface area contributed by atoms with Crippen molar-refractivity contribution in [3.05, 3.63) is 48.2 Å². The maximum atomic E-state index is 12.7. The van der Waals surface area contributed by atoms with Crippen molar-refractivity contribution in [1.82, 2.24) is 15.6 Å². The minimum Gasteiger partial charge on any atom is -0.433 e. The summed E-state index contributed by atoms with van der Waals surface area (Å²) in [4.78, 5) is 22.6. The monoisotopic (exact) mass is 446 g/mol. The van der Waals surface area contributed by atoms with Gasteiger partial charge in [-0.1, -0.05) is 18.2 Å². The van der Waals surface area contributed by atoms with Gasteiger partial charge in [0.05, 0.1) is 5.69 Å². The molecule has 8 nitrogen and oxygen atoms in total. The number of hydrogen-bond donors (Lipinski definition) is 3. The number of guanidine groups is 1. The first-order valence-corrected chi connectivity index (χ1v) is 10.4. The number of aromatic nitrogens is 1. The van der Waals surface area contributed by atoms with Crippen molar-refractivity contribution in [2.24, 2.45) is 4.99 Å². The molecule has 0 aliphatic carbocycles. The lowest BCUT2D eigenvalue weighted by molar-refractivity contribution is -0.116. The Morgan fingerprint density at radius 2 is 2.09 bits per heavy atom. The van der Waals surface area contributed by atoms with Crippen LogP contribution in [0.5, 0.6) is 5.75 Å². The highest BCUT2D eigenvalue weighted by Crippen LogP contribution is 2.31. The zero-order valence-electron chi connectivity index (χ0n) is 18.1. The lowest BCUT2D eigenvalue weighted by atomic mass is 10.2. The molecule has 1 atom stereocenters. The summed E-state index contributed by atoms with van der Waals surface area (Å²) in [5.74, 6) is 1.13. The minimum absolute atomic E-state index is 0.0751. The molecule has 1 saturated heterocycles. The zero-order chi connectivity index (χ0) is 22.9. The Hall–Kier alpha value is -3.43. The van der Waals surface area contributed by atoms with E-state index in [4.69, 9.17) is 0 Å². The van der Waals surface area contributed by atoms with Crippen LogP contribution in [-0.2, 0) is 4.79 Å². The van der Waals surface area contributed by atoms with Crippen LogP contribution in [0.2, 0.25) is 0 Å². The number of aliphatic imine (C=N–C) groups is 1. The van der Waals surface area contributed by atoms with Crippen LogP contribution in [-0.4, -0.2) is 56.2 Å². The van der Waals surface area contributed by atoms with Crippen LogP contribution in [0.15, 0.2) is 47.5 Å². The minimum atomic E-state index is -2.87. The van der Waals surface area contributed by atoms with Crippen LogP contribution >= 0.6 is 0 Å². The lowest BCUT2D eigenvalue weighted by Crippen LogP contribution is -2.45. The fourth-order valence-electron chi connectivity index (χ4n) is 3.51.